The van der Waals surface area contributed by atoms with Crippen molar-refractivity contribution in [2.45, 2.75) is 12.8 Å². The highest BCUT2D eigenvalue weighted by molar-refractivity contribution is 6.07. The summed E-state index contributed by atoms with van der Waals surface area (Å²) in [6.07, 6.45) is 1.16. The molecule has 2 aromatic heterocycles. The van der Waals surface area contributed by atoms with Crippen LogP contribution < -0.4 is 16.6 Å². The number of anilines is 1. The van der Waals surface area contributed by atoms with Crippen molar-refractivity contribution < 1.29 is 18.8 Å². The molecule has 0 saturated heterocycles. The summed E-state index contributed by atoms with van der Waals surface area (Å²) < 4.78 is 27.1. The predicted molar refractivity (Wildman–Crippen MR) is 99.7 cm³/mol. The summed E-state index contributed by atoms with van der Waals surface area (Å²) in [7, 11) is 0. The van der Waals surface area contributed by atoms with Gasteiger partial charge in [-0.05, 0) is 30.2 Å². The standard InChI is InChI=1S/C19H18F2N4O3/c20-12-5-3-11(14(21)10-12)4-6-15(26)16-17(23-9-7-22)13-2-1-8-24-18(13)25(28)19(16)27/h1-3,5,8,10,23,28H,4,6-7,9,22H2. The number of hydrogen-bond acceptors (Lipinski definition) is 6. The number of fused-ring (bicyclic) bond motifs is 1. The van der Waals surface area contributed by atoms with Gasteiger partial charge < -0.3 is 16.3 Å². The van der Waals surface area contributed by atoms with Crippen molar-refractivity contribution in [3.63, 3.8) is 0 Å². The van der Waals surface area contributed by atoms with Gasteiger partial charge in [-0.25, -0.2) is 13.8 Å². The van der Waals surface area contributed by atoms with Crippen LogP contribution in [0.3, 0.4) is 0 Å². The van der Waals surface area contributed by atoms with Gasteiger partial charge in [0.05, 0.1) is 5.69 Å². The Balaban J connectivity index is 2.01. The van der Waals surface area contributed by atoms with Crippen LogP contribution in [-0.2, 0) is 6.42 Å². The molecule has 4 N–H and O–H groups in total. The Morgan fingerprint density at radius 2 is 2.07 bits per heavy atom. The largest absolute Gasteiger partial charge is 0.423 e. The molecule has 0 atom stereocenters. The minimum Gasteiger partial charge on any atom is -0.423 e. The molecular formula is C19H18F2N4O3. The summed E-state index contributed by atoms with van der Waals surface area (Å²) in [5, 5.41) is 13.4. The first-order valence-electron chi connectivity index (χ1n) is 8.58. The lowest BCUT2D eigenvalue weighted by molar-refractivity contribution is 0.0976. The fourth-order valence-corrected chi connectivity index (χ4v) is 2.94. The number of aryl methyl sites for hydroxylation is 1. The second-order valence-corrected chi connectivity index (χ2v) is 6.12. The number of hydrogen-bond donors (Lipinski definition) is 3. The third-order valence-corrected chi connectivity index (χ3v) is 4.27. The van der Waals surface area contributed by atoms with Gasteiger partial charge in [-0.1, -0.05) is 6.07 Å². The molecule has 0 spiro atoms. The Bertz CT molecular complexity index is 1100. The van der Waals surface area contributed by atoms with Crippen LogP contribution in [0.15, 0.2) is 41.3 Å². The number of Topliss-reactive ketones (excluding diaryl/α,β-unsaturated/α-hetero) is 1. The quantitative estimate of drug-likeness (QED) is 0.422. The number of benzene rings is 1. The van der Waals surface area contributed by atoms with Crippen molar-refractivity contribution in [3.8, 4) is 0 Å². The van der Waals surface area contributed by atoms with E-state index < -0.39 is 23.0 Å². The number of nitrogens with one attached hydrogen (secondary N) is 1. The van der Waals surface area contributed by atoms with E-state index in [4.69, 9.17) is 5.73 Å². The molecule has 28 heavy (non-hydrogen) atoms. The van der Waals surface area contributed by atoms with E-state index in [9.17, 15) is 23.6 Å². The molecule has 0 fully saturated rings. The summed E-state index contributed by atoms with van der Waals surface area (Å²) in [6, 6.07) is 6.28. The maximum Gasteiger partial charge on any atom is 0.297 e. The zero-order chi connectivity index (χ0) is 20.3. The van der Waals surface area contributed by atoms with Gasteiger partial charge in [0.1, 0.15) is 17.2 Å². The molecule has 0 aliphatic carbocycles. The monoisotopic (exact) mass is 388 g/mol. The van der Waals surface area contributed by atoms with Gasteiger partial charge in [0, 0.05) is 37.2 Å². The lowest BCUT2D eigenvalue weighted by atomic mass is 10.0. The topological polar surface area (TPSA) is 110 Å². The minimum atomic E-state index is -0.935. The molecule has 9 heteroatoms. The van der Waals surface area contributed by atoms with Crippen LogP contribution in [0, 0.1) is 11.6 Å². The Labute approximate surface area is 158 Å². The molecule has 2 heterocycles. The minimum absolute atomic E-state index is 0.00634. The molecule has 0 amide bonds. The molecule has 0 radical (unpaired) electrons. The molecule has 0 aliphatic rings. The van der Waals surface area contributed by atoms with E-state index in [0.29, 0.717) is 10.1 Å². The molecular weight excluding hydrogens is 370 g/mol. The number of rotatable bonds is 7. The summed E-state index contributed by atoms with van der Waals surface area (Å²) >= 11 is 0. The number of ketones is 1. The number of nitrogens with two attached hydrogens (primary N) is 1. The summed E-state index contributed by atoms with van der Waals surface area (Å²) in [5.41, 5.74) is 4.67. The van der Waals surface area contributed by atoms with Gasteiger partial charge in [-0.2, -0.15) is 0 Å². The van der Waals surface area contributed by atoms with E-state index in [2.05, 4.69) is 10.3 Å². The van der Waals surface area contributed by atoms with E-state index in [-0.39, 0.29) is 48.4 Å². The van der Waals surface area contributed by atoms with Crippen molar-refractivity contribution >= 4 is 22.5 Å². The number of halogens is 2. The third-order valence-electron chi connectivity index (χ3n) is 4.27. The average Bonchev–Trinajstić information content (AvgIpc) is 2.68. The molecule has 0 unspecified atom stereocenters. The van der Waals surface area contributed by atoms with Crippen LogP contribution in [0.4, 0.5) is 14.5 Å². The van der Waals surface area contributed by atoms with Crippen molar-refractivity contribution in [1.29, 1.82) is 0 Å². The van der Waals surface area contributed by atoms with Crippen molar-refractivity contribution in [2.24, 2.45) is 5.73 Å². The van der Waals surface area contributed by atoms with Crippen LogP contribution in [0.25, 0.3) is 11.0 Å². The van der Waals surface area contributed by atoms with Crippen molar-refractivity contribution in [2.75, 3.05) is 18.4 Å². The first-order chi connectivity index (χ1) is 13.4. The fraction of sp³-hybridized carbons (Fsp3) is 0.211. The molecule has 146 valence electrons. The lowest BCUT2D eigenvalue weighted by Crippen LogP contribution is -2.29. The Morgan fingerprint density at radius 1 is 1.29 bits per heavy atom. The van der Waals surface area contributed by atoms with Crippen LogP contribution in [0.2, 0.25) is 0 Å². The number of pyridine rings is 2. The normalized spacial score (nSPS) is 11.0. The molecule has 0 bridgehead atoms. The molecule has 1 aromatic carbocycles. The molecule has 3 rings (SSSR count). The average molecular weight is 388 g/mol. The second-order valence-electron chi connectivity index (χ2n) is 6.12. The van der Waals surface area contributed by atoms with Crippen LogP contribution in [0.1, 0.15) is 22.3 Å². The Kier molecular flexibility index (Phi) is 5.65. The number of nitrogens with zero attached hydrogens (tertiary/aromatic N) is 2. The number of carbonyl (C=O) groups excluding carboxylic acids is 1. The van der Waals surface area contributed by atoms with Gasteiger partial charge in [0.25, 0.3) is 5.56 Å². The zero-order valence-electron chi connectivity index (χ0n) is 14.8. The van der Waals surface area contributed by atoms with Crippen LogP contribution in [-0.4, -0.2) is 33.8 Å². The van der Waals surface area contributed by atoms with Gasteiger partial charge in [-0.3, -0.25) is 9.59 Å². The maximum absolute atomic E-state index is 13.8. The highest BCUT2D eigenvalue weighted by atomic mass is 19.1. The van der Waals surface area contributed by atoms with Gasteiger partial charge >= 0.3 is 0 Å². The summed E-state index contributed by atoms with van der Waals surface area (Å²) in [4.78, 5) is 29.3. The molecule has 0 aliphatic heterocycles. The van der Waals surface area contributed by atoms with Gasteiger partial charge in [-0.15, -0.1) is 4.73 Å². The Hall–Kier alpha value is -3.33. The SMILES string of the molecule is NCCNc1c(C(=O)CCc2ccc(F)cc2F)c(=O)n(O)c2ncccc12. The number of carbonyl (C=O) groups is 1. The smallest absolute Gasteiger partial charge is 0.297 e. The van der Waals surface area contributed by atoms with Crippen LogP contribution >= 0.6 is 0 Å². The van der Waals surface area contributed by atoms with E-state index in [1.54, 1.807) is 12.1 Å². The third kappa shape index (κ3) is 3.70. The first-order valence-corrected chi connectivity index (χ1v) is 8.58. The van der Waals surface area contributed by atoms with Crippen molar-refractivity contribution in [1.82, 2.24) is 9.71 Å². The van der Waals surface area contributed by atoms with E-state index >= 15 is 0 Å². The first kappa shape index (κ1) is 19.4. The lowest BCUT2D eigenvalue weighted by Gasteiger charge is -2.15. The number of aromatic nitrogens is 2. The summed E-state index contributed by atoms with van der Waals surface area (Å²) in [5.74, 6) is -2.08. The van der Waals surface area contributed by atoms with Crippen LogP contribution in [0.5, 0.6) is 0 Å². The molecule has 0 saturated carbocycles. The fourth-order valence-electron chi connectivity index (χ4n) is 2.94. The maximum atomic E-state index is 13.8. The summed E-state index contributed by atoms with van der Waals surface area (Å²) in [6.45, 7) is 0.532. The molecule has 7 nitrogen and oxygen atoms in total. The van der Waals surface area contributed by atoms with E-state index in [1.165, 1.54) is 12.3 Å². The van der Waals surface area contributed by atoms with Crippen molar-refractivity contribution in [3.05, 3.63) is 69.6 Å². The molecule has 3 aromatic rings. The predicted octanol–water partition coefficient (Wildman–Crippen LogP) is 2.10. The second kappa shape index (κ2) is 8.13. The Morgan fingerprint density at radius 3 is 2.79 bits per heavy atom. The van der Waals surface area contributed by atoms with Gasteiger partial charge in [0.15, 0.2) is 11.4 Å². The van der Waals surface area contributed by atoms with E-state index in [1.807, 2.05) is 0 Å². The zero-order valence-corrected chi connectivity index (χ0v) is 14.8. The highest BCUT2D eigenvalue weighted by Crippen LogP contribution is 2.25. The highest BCUT2D eigenvalue weighted by Gasteiger charge is 2.23. The van der Waals surface area contributed by atoms with E-state index in [0.717, 1.165) is 12.1 Å². The van der Waals surface area contributed by atoms with Gasteiger partial charge in [0.2, 0.25) is 0 Å².